The smallest absolute Gasteiger partial charge is 0.0266 e. The summed E-state index contributed by atoms with van der Waals surface area (Å²) in [7, 11) is 0. The molecule has 75 valence electrons. The SMILES string of the molecule is CC(N)c1ccccc1.F.F.F.[B]. The minimum absolute atomic E-state index is 0. The Balaban J connectivity index is -0.000000101. The topological polar surface area (TPSA) is 26.0 Å². The highest BCUT2D eigenvalue weighted by molar-refractivity contribution is 5.75. The van der Waals surface area contributed by atoms with Gasteiger partial charge >= 0.3 is 0 Å². The maximum Gasteiger partial charge on any atom is 0.0266 e. The van der Waals surface area contributed by atoms with Crippen LogP contribution in [0.25, 0.3) is 0 Å². The molecule has 0 aromatic heterocycles. The number of nitrogens with two attached hydrogens (primary N) is 1. The predicted molar refractivity (Wildman–Crippen MR) is 52.3 cm³/mol. The summed E-state index contributed by atoms with van der Waals surface area (Å²) in [5, 5.41) is 0. The molecule has 1 nitrogen and oxygen atoms in total. The monoisotopic (exact) mass is 192 g/mol. The average molecular weight is 192 g/mol. The molecule has 0 fully saturated rings. The first kappa shape index (κ1) is 22.7. The van der Waals surface area contributed by atoms with Crippen LogP contribution >= 0.6 is 0 Å². The van der Waals surface area contributed by atoms with Crippen molar-refractivity contribution in [2.75, 3.05) is 0 Å². The van der Waals surface area contributed by atoms with Gasteiger partial charge in [-0.05, 0) is 12.5 Å². The average Bonchev–Trinajstić information content (AvgIpc) is 1.90. The van der Waals surface area contributed by atoms with E-state index < -0.39 is 0 Å². The molecule has 0 aliphatic carbocycles. The van der Waals surface area contributed by atoms with Crippen LogP contribution in [-0.4, -0.2) is 8.41 Å². The number of halogens is 3. The van der Waals surface area contributed by atoms with E-state index in [2.05, 4.69) is 0 Å². The highest BCUT2D eigenvalue weighted by Crippen LogP contribution is 2.06. The van der Waals surface area contributed by atoms with Crippen molar-refractivity contribution in [1.82, 2.24) is 0 Å². The van der Waals surface area contributed by atoms with Crippen LogP contribution in [0.3, 0.4) is 0 Å². The van der Waals surface area contributed by atoms with E-state index in [0.29, 0.717) is 0 Å². The van der Waals surface area contributed by atoms with E-state index >= 15 is 0 Å². The van der Waals surface area contributed by atoms with Crippen molar-refractivity contribution < 1.29 is 14.1 Å². The normalized spacial score (nSPS) is 9.08. The van der Waals surface area contributed by atoms with E-state index in [4.69, 9.17) is 5.73 Å². The molecule has 1 aromatic rings. The third kappa shape index (κ3) is 7.40. The van der Waals surface area contributed by atoms with Crippen LogP contribution in [0.5, 0.6) is 0 Å². The zero-order valence-electron chi connectivity index (χ0n) is 7.34. The molecule has 0 bridgehead atoms. The summed E-state index contributed by atoms with van der Waals surface area (Å²) in [5.41, 5.74) is 6.81. The number of hydrogen-bond donors (Lipinski definition) is 1. The Morgan fingerprint density at radius 2 is 1.38 bits per heavy atom. The molecule has 2 N–H and O–H groups in total. The van der Waals surface area contributed by atoms with Gasteiger partial charge in [0.2, 0.25) is 0 Å². The lowest BCUT2D eigenvalue weighted by Gasteiger charge is -2.02. The molecule has 1 rings (SSSR count). The lowest BCUT2D eigenvalue weighted by Crippen LogP contribution is -2.03. The Labute approximate surface area is 78.0 Å². The third-order valence-corrected chi connectivity index (χ3v) is 1.33. The van der Waals surface area contributed by atoms with Crippen LogP contribution in [-0.2, 0) is 0 Å². The standard InChI is InChI=1S/C8H11N.B.3FH/c1-7(9)8-5-3-2-4-6-8;;;;/h2-7H,9H2,1H3;;3*1H. The molecule has 13 heavy (non-hydrogen) atoms. The van der Waals surface area contributed by atoms with Gasteiger partial charge in [0.1, 0.15) is 0 Å². The fraction of sp³-hybridized carbons (Fsp3) is 0.250. The summed E-state index contributed by atoms with van der Waals surface area (Å²) < 4.78 is 0. The molecular weight excluding hydrogens is 178 g/mol. The molecule has 3 radical (unpaired) electrons. The fourth-order valence-corrected chi connectivity index (χ4v) is 0.757. The second-order valence-corrected chi connectivity index (χ2v) is 2.20. The van der Waals surface area contributed by atoms with Gasteiger partial charge in [-0.2, -0.15) is 0 Å². The fourth-order valence-electron chi connectivity index (χ4n) is 0.757. The van der Waals surface area contributed by atoms with Crippen molar-refractivity contribution >= 4 is 8.41 Å². The first-order valence-electron chi connectivity index (χ1n) is 3.11. The lowest BCUT2D eigenvalue weighted by atomic mass is 10.1. The van der Waals surface area contributed by atoms with Crippen LogP contribution in [0.4, 0.5) is 14.1 Å². The molecule has 1 unspecified atom stereocenters. The maximum absolute atomic E-state index is 5.61. The molecular formula is C8H14BF3N. The Hall–Kier alpha value is -0.965. The Morgan fingerprint density at radius 1 is 1.00 bits per heavy atom. The minimum atomic E-state index is 0. The summed E-state index contributed by atoms with van der Waals surface area (Å²) in [6.07, 6.45) is 0. The van der Waals surface area contributed by atoms with Gasteiger partial charge in [-0.1, -0.05) is 30.3 Å². The van der Waals surface area contributed by atoms with Crippen LogP contribution in [0.1, 0.15) is 18.5 Å². The third-order valence-electron chi connectivity index (χ3n) is 1.33. The molecule has 0 spiro atoms. The highest BCUT2D eigenvalue weighted by Gasteiger charge is 1.93. The van der Waals surface area contributed by atoms with E-state index in [1.165, 1.54) is 5.56 Å². The van der Waals surface area contributed by atoms with Crippen molar-refractivity contribution in [3.63, 3.8) is 0 Å². The highest BCUT2D eigenvalue weighted by atomic mass is 19.0. The zero-order chi connectivity index (χ0) is 6.69. The second-order valence-electron chi connectivity index (χ2n) is 2.20. The van der Waals surface area contributed by atoms with Gasteiger partial charge in [-0.15, -0.1) is 0 Å². The molecule has 0 amide bonds. The van der Waals surface area contributed by atoms with Crippen molar-refractivity contribution in [2.24, 2.45) is 5.73 Å². The minimum Gasteiger partial charge on any atom is -0.324 e. The predicted octanol–water partition coefficient (Wildman–Crippen LogP) is 1.78. The first-order chi connectivity index (χ1) is 4.30. The quantitative estimate of drug-likeness (QED) is 0.674. The van der Waals surface area contributed by atoms with Crippen LogP contribution < -0.4 is 5.73 Å². The number of benzene rings is 1. The van der Waals surface area contributed by atoms with Crippen LogP contribution in [0.2, 0.25) is 0 Å². The molecule has 1 aromatic carbocycles. The van der Waals surface area contributed by atoms with E-state index in [1.54, 1.807) is 0 Å². The second kappa shape index (κ2) is 11.0. The summed E-state index contributed by atoms with van der Waals surface area (Å²) >= 11 is 0. The summed E-state index contributed by atoms with van der Waals surface area (Å²) in [6.45, 7) is 1.98. The summed E-state index contributed by atoms with van der Waals surface area (Å²) in [4.78, 5) is 0. The van der Waals surface area contributed by atoms with Gasteiger partial charge in [0.15, 0.2) is 0 Å². The van der Waals surface area contributed by atoms with Crippen LogP contribution in [0.15, 0.2) is 30.3 Å². The van der Waals surface area contributed by atoms with Crippen molar-refractivity contribution in [3.8, 4) is 0 Å². The Morgan fingerprint density at radius 3 is 1.62 bits per heavy atom. The zero-order valence-corrected chi connectivity index (χ0v) is 7.34. The van der Waals surface area contributed by atoms with E-state index in [1.807, 2.05) is 37.3 Å². The number of hydrogen-bond acceptors (Lipinski definition) is 1. The van der Waals surface area contributed by atoms with E-state index in [9.17, 15) is 0 Å². The molecule has 0 aliphatic rings. The van der Waals surface area contributed by atoms with Gasteiger partial charge < -0.3 is 5.73 Å². The number of rotatable bonds is 1. The van der Waals surface area contributed by atoms with E-state index in [0.717, 1.165) is 0 Å². The molecule has 5 heteroatoms. The lowest BCUT2D eigenvalue weighted by molar-refractivity contribution is 0.818. The van der Waals surface area contributed by atoms with E-state index in [-0.39, 0.29) is 28.6 Å². The largest absolute Gasteiger partial charge is 0.324 e. The molecule has 1 atom stereocenters. The first-order valence-corrected chi connectivity index (χ1v) is 3.11. The molecule has 0 aliphatic heterocycles. The Bertz CT molecular complexity index is 182. The molecule has 0 saturated carbocycles. The van der Waals surface area contributed by atoms with Gasteiger partial charge in [0.25, 0.3) is 0 Å². The van der Waals surface area contributed by atoms with Crippen LogP contribution in [0, 0.1) is 0 Å². The Kier molecular flexibility index (Phi) is 19.3. The summed E-state index contributed by atoms with van der Waals surface area (Å²) in [6, 6.07) is 10.2. The van der Waals surface area contributed by atoms with Gasteiger partial charge in [-0.25, -0.2) is 0 Å². The molecule has 0 heterocycles. The maximum atomic E-state index is 5.61. The van der Waals surface area contributed by atoms with Crippen molar-refractivity contribution in [2.45, 2.75) is 13.0 Å². The summed E-state index contributed by atoms with van der Waals surface area (Å²) in [5.74, 6) is 0. The van der Waals surface area contributed by atoms with Crippen molar-refractivity contribution in [3.05, 3.63) is 35.9 Å². The van der Waals surface area contributed by atoms with Crippen molar-refractivity contribution in [1.29, 1.82) is 0 Å². The van der Waals surface area contributed by atoms with Gasteiger partial charge in [0.05, 0.1) is 0 Å². The van der Waals surface area contributed by atoms with Gasteiger partial charge in [0, 0.05) is 14.5 Å². The molecule has 0 saturated heterocycles. The van der Waals surface area contributed by atoms with Gasteiger partial charge in [-0.3, -0.25) is 14.1 Å².